The van der Waals surface area contributed by atoms with E-state index in [-0.39, 0.29) is 5.92 Å². The topological polar surface area (TPSA) is 65.0 Å². The van der Waals surface area contributed by atoms with E-state index in [2.05, 4.69) is 0 Å². The van der Waals surface area contributed by atoms with Crippen LogP contribution in [-0.2, 0) is 25.6 Å². The van der Waals surface area contributed by atoms with Gasteiger partial charge in [0.05, 0.1) is 24.9 Å². The van der Waals surface area contributed by atoms with Crippen LogP contribution in [0.1, 0.15) is 33.3 Å². The largest absolute Gasteiger partial charge is 0.456 e. The highest BCUT2D eigenvalue weighted by Crippen LogP contribution is 2.29. The lowest BCUT2D eigenvalue weighted by atomic mass is 9.97. The van der Waals surface area contributed by atoms with Gasteiger partial charge in [0.2, 0.25) is 5.79 Å². The monoisotopic (exact) mass is 320 g/mol. The molecule has 0 bridgehead atoms. The lowest BCUT2D eigenvalue weighted by Crippen LogP contribution is -2.40. The van der Waals surface area contributed by atoms with Crippen molar-refractivity contribution in [3.8, 4) is 0 Å². The highest BCUT2D eigenvalue weighted by Gasteiger charge is 2.35. The molecule has 1 aliphatic heterocycles. The van der Waals surface area contributed by atoms with Crippen LogP contribution in [0.25, 0.3) is 0 Å². The number of cyclic esters (lactones) is 1. The van der Waals surface area contributed by atoms with E-state index in [4.69, 9.17) is 14.2 Å². The molecule has 23 heavy (non-hydrogen) atoms. The van der Waals surface area contributed by atoms with Crippen molar-refractivity contribution in [2.24, 2.45) is 5.92 Å². The summed E-state index contributed by atoms with van der Waals surface area (Å²) in [5.74, 6) is -1.46. The Kier molecular flexibility index (Phi) is 5.44. The Morgan fingerprint density at radius 1 is 1.17 bits per heavy atom. The molecule has 0 unspecified atom stereocenters. The van der Waals surface area contributed by atoms with Gasteiger partial charge in [-0.3, -0.25) is 0 Å². The average molecular weight is 320 g/mol. The van der Waals surface area contributed by atoms with Crippen LogP contribution in [0.2, 0.25) is 0 Å². The number of ether oxygens (including phenoxy) is 3. The van der Waals surface area contributed by atoms with Crippen LogP contribution in [0, 0.1) is 5.92 Å². The van der Waals surface area contributed by atoms with Crippen molar-refractivity contribution in [2.45, 2.75) is 52.3 Å². The number of carbonyl (C=O) groups excluding carboxylic acids is 1. The molecule has 5 nitrogen and oxygen atoms in total. The number of esters is 1. The molecule has 0 radical (unpaired) electrons. The van der Waals surface area contributed by atoms with E-state index in [0.717, 1.165) is 5.56 Å². The molecule has 0 saturated carbocycles. The van der Waals surface area contributed by atoms with E-state index >= 15 is 0 Å². The maximum Gasteiger partial charge on any atom is 0.337 e. The predicted octanol–water partition coefficient (Wildman–Crippen LogP) is 2.78. The summed E-state index contributed by atoms with van der Waals surface area (Å²) in [7, 11) is 0. The third-order valence-corrected chi connectivity index (χ3v) is 3.77. The van der Waals surface area contributed by atoms with Gasteiger partial charge >= 0.3 is 5.97 Å². The predicted molar refractivity (Wildman–Crippen MR) is 85.2 cm³/mol. The fourth-order valence-electron chi connectivity index (χ4n) is 2.42. The maximum absolute atomic E-state index is 11.6. The Morgan fingerprint density at radius 2 is 1.83 bits per heavy atom. The second-order valence-electron chi connectivity index (χ2n) is 6.25. The fourth-order valence-corrected chi connectivity index (χ4v) is 2.42. The number of carbonyl (C=O) groups is 1. The zero-order chi connectivity index (χ0) is 17.0. The maximum atomic E-state index is 11.6. The molecule has 0 amide bonds. The van der Waals surface area contributed by atoms with Crippen molar-refractivity contribution in [3.05, 3.63) is 47.7 Å². The summed E-state index contributed by atoms with van der Waals surface area (Å²) < 4.78 is 16.4. The van der Waals surface area contributed by atoms with E-state index in [1.807, 2.05) is 30.3 Å². The molecular weight excluding hydrogens is 296 g/mol. The molecule has 5 heteroatoms. The molecule has 0 aliphatic carbocycles. The fraction of sp³-hybridized carbons (Fsp3) is 0.500. The molecule has 126 valence electrons. The molecule has 1 heterocycles. The van der Waals surface area contributed by atoms with Crippen LogP contribution in [0.3, 0.4) is 0 Å². The Labute approximate surface area is 136 Å². The standard InChI is InChI=1S/C18H24O5/c1-12(15-10-16(19)23-18(3,4)22-15)17(20)13(2)21-11-14-8-6-5-7-9-14/h5-10,12-13,17,20H,11H2,1-4H3/t12-,13+,17+/m1/s1. The van der Waals surface area contributed by atoms with Crippen LogP contribution in [0.5, 0.6) is 0 Å². The quantitative estimate of drug-likeness (QED) is 0.817. The van der Waals surface area contributed by atoms with Gasteiger partial charge in [-0.25, -0.2) is 4.79 Å². The molecule has 1 aromatic carbocycles. The molecule has 2 rings (SSSR count). The van der Waals surface area contributed by atoms with E-state index in [1.165, 1.54) is 6.08 Å². The molecule has 0 spiro atoms. The molecule has 3 atom stereocenters. The van der Waals surface area contributed by atoms with Crippen molar-refractivity contribution >= 4 is 5.97 Å². The van der Waals surface area contributed by atoms with E-state index < -0.39 is 24.0 Å². The van der Waals surface area contributed by atoms with Gasteiger partial charge in [0.1, 0.15) is 5.76 Å². The SMILES string of the molecule is C[C@H](OCc1ccccc1)[C@@H](O)[C@H](C)C1=CC(=O)OC(C)(C)O1. The van der Waals surface area contributed by atoms with Gasteiger partial charge in [-0.15, -0.1) is 0 Å². The van der Waals surface area contributed by atoms with Crippen molar-refractivity contribution in [1.82, 2.24) is 0 Å². The van der Waals surface area contributed by atoms with Gasteiger partial charge in [0, 0.05) is 19.8 Å². The number of rotatable bonds is 6. The number of aliphatic hydroxyl groups excluding tert-OH is 1. The second-order valence-corrected chi connectivity index (χ2v) is 6.25. The van der Waals surface area contributed by atoms with Gasteiger partial charge < -0.3 is 19.3 Å². The Morgan fingerprint density at radius 3 is 2.43 bits per heavy atom. The number of benzene rings is 1. The van der Waals surface area contributed by atoms with E-state index in [9.17, 15) is 9.90 Å². The summed E-state index contributed by atoms with van der Waals surface area (Å²) in [5, 5.41) is 10.5. The normalized spacial score (nSPS) is 20.7. The molecule has 1 N–H and O–H groups in total. The van der Waals surface area contributed by atoms with Crippen LogP contribution in [0.15, 0.2) is 42.2 Å². The zero-order valence-corrected chi connectivity index (χ0v) is 14.0. The smallest absolute Gasteiger partial charge is 0.337 e. The van der Waals surface area contributed by atoms with Crippen molar-refractivity contribution < 1.29 is 24.1 Å². The van der Waals surface area contributed by atoms with Gasteiger partial charge in [0.25, 0.3) is 0 Å². The second kappa shape index (κ2) is 7.15. The first kappa shape index (κ1) is 17.5. The summed E-state index contributed by atoms with van der Waals surface area (Å²) in [6.07, 6.45) is 0.0747. The molecule has 1 aromatic rings. The van der Waals surface area contributed by atoms with Crippen molar-refractivity contribution in [2.75, 3.05) is 0 Å². The first-order valence-corrected chi connectivity index (χ1v) is 7.75. The van der Waals surface area contributed by atoms with Crippen LogP contribution >= 0.6 is 0 Å². The molecule has 0 aromatic heterocycles. The Hall–Kier alpha value is -1.85. The minimum atomic E-state index is -1.02. The minimum absolute atomic E-state index is 0.382. The Balaban J connectivity index is 1.95. The summed E-state index contributed by atoms with van der Waals surface area (Å²) in [6, 6.07) is 9.76. The van der Waals surface area contributed by atoms with Crippen molar-refractivity contribution in [1.29, 1.82) is 0 Å². The van der Waals surface area contributed by atoms with Crippen LogP contribution in [-0.4, -0.2) is 29.1 Å². The summed E-state index contributed by atoms with van der Waals surface area (Å²) >= 11 is 0. The molecule has 1 aliphatic rings. The van der Waals surface area contributed by atoms with Gasteiger partial charge in [0.15, 0.2) is 0 Å². The minimum Gasteiger partial charge on any atom is -0.456 e. The van der Waals surface area contributed by atoms with Gasteiger partial charge in [-0.2, -0.15) is 0 Å². The summed E-state index contributed by atoms with van der Waals surface area (Å²) in [5.41, 5.74) is 1.04. The highest BCUT2D eigenvalue weighted by atomic mass is 16.7. The van der Waals surface area contributed by atoms with E-state index in [0.29, 0.717) is 12.4 Å². The van der Waals surface area contributed by atoms with Gasteiger partial charge in [-0.1, -0.05) is 37.3 Å². The lowest BCUT2D eigenvalue weighted by molar-refractivity contribution is -0.210. The van der Waals surface area contributed by atoms with E-state index in [1.54, 1.807) is 27.7 Å². The third kappa shape index (κ3) is 4.81. The molecular formula is C18H24O5. The molecule has 0 saturated heterocycles. The zero-order valence-electron chi connectivity index (χ0n) is 14.0. The molecule has 0 fully saturated rings. The Bertz CT molecular complexity index is 564. The van der Waals surface area contributed by atoms with Crippen molar-refractivity contribution in [3.63, 3.8) is 0 Å². The van der Waals surface area contributed by atoms with Gasteiger partial charge in [-0.05, 0) is 12.5 Å². The third-order valence-electron chi connectivity index (χ3n) is 3.77. The highest BCUT2D eigenvalue weighted by molar-refractivity contribution is 5.83. The summed E-state index contributed by atoms with van der Waals surface area (Å²) in [4.78, 5) is 11.6. The van der Waals surface area contributed by atoms with Crippen LogP contribution in [0.4, 0.5) is 0 Å². The van der Waals surface area contributed by atoms with Crippen LogP contribution < -0.4 is 0 Å². The lowest BCUT2D eigenvalue weighted by Gasteiger charge is -2.35. The average Bonchev–Trinajstić information content (AvgIpc) is 2.50. The number of hydrogen-bond acceptors (Lipinski definition) is 5. The summed E-state index contributed by atoms with van der Waals surface area (Å²) in [6.45, 7) is 7.34. The first-order chi connectivity index (χ1) is 10.8. The number of aliphatic hydroxyl groups is 1. The first-order valence-electron chi connectivity index (χ1n) is 7.75. The number of hydrogen-bond donors (Lipinski definition) is 1.